The third kappa shape index (κ3) is 3.15. The fourth-order valence-corrected chi connectivity index (χ4v) is 2.78. The number of aromatic nitrogens is 1. The quantitative estimate of drug-likeness (QED) is 0.786. The first-order valence-corrected chi connectivity index (χ1v) is 7.00. The average molecular weight is 331 g/mol. The van der Waals surface area contributed by atoms with Crippen molar-refractivity contribution in [3.8, 4) is 0 Å². The van der Waals surface area contributed by atoms with Crippen LogP contribution in [0.1, 0.15) is 21.1 Å². The van der Waals surface area contributed by atoms with Crippen LogP contribution in [-0.4, -0.2) is 10.8 Å². The maximum atomic E-state index is 11.9. The Labute approximate surface area is 117 Å². The van der Waals surface area contributed by atoms with Crippen LogP contribution in [0.3, 0.4) is 0 Å². The molecule has 0 saturated carbocycles. The van der Waals surface area contributed by atoms with Gasteiger partial charge in [0.25, 0.3) is 0 Å². The number of hydrogen-bond acceptors (Lipinski definition) is 3. The van der Waals surface area contributed by atoms with Crippen molar-refractivity contribution in [1.29, 1.82) is 0 Å². The number of carbonyl (C=O) groups is 1. The number of benzene rings is 1. The number of aryl methyl sites for hydroxylation is 1. The van der Waals surface area contributed by atoms with Crippen LogP contribution in [0.15, 0.2) is 28.1 Å². The third-order valence-corrected chi connectivity index (χ3v) is 3.89. The number of ketones is 1. The molecule has 0 bridgehead atoms. The average Bonchev–Trinajstić information content (AvgIpc) is 2.69. The lowest BCUT2D eigenvalue weighted by molar-refractivity contribution is 0.0989. The highest BCUT2D eigenvalue weighted by atomic mass is 79.9. The van der Waals surface area contributed by atoms with Crippen LogP contribution in [-0.2, 0) is 6.42 Å². The fraction of sp³-hybridized carbons (Fsp3) is 0.167. The van der Waals surface area contributed by atoms with Crippen LogP contribution in [0, 0.1) is 6.92 Å². The van der Waals surface area contributed by atoms with Gasteiger partial charge in [0.2, 0.25) is 0 Å². The van der Waals surface area contributed by atoms with E-state index in [0.717, 1.165) is 15.0 Å². The topological polar surface area (TPSA) is 30.0 Å². The van der Waals surface area contributed by atoms with E-state index in [2.05, 4.69) is 20.9 Å². The summed E-state index contributed by atoms with van der Waals surface area (Å²) in [5.41, 5.74) is 1.34. The molecule has 88 valence electrons. The van der Waals surface area contributed by atoms with Crippen molar-refractivity contribution in [2.24, 2.45) is 0 Å². The number of thiazole rings is 1. The van der Waals surface area contributed by atoms with E-state index in [4.69, 9.17) is 11.6 Å². The molecule has 0 unspecified atom stereocenters. The first-order chi connectivity index (χ1) is 8.06. The van der Waals surface area contributed by atoms with Gasteiger partial charge in [-0.05, 0) is 24.6 Å². The summed E-state index contributed by atoms with van der Waals surface area (Å²) < 4.78 is 0.906. The minimum Gasteiger partial charge on any atom is -0.292 e. The summed E-state index contributed by atoms with van der Waals surface area (Å²) in [6, 6.07) is 5.51. The van der Waals surface area contributed by atoms with Gasteiger partial charge >= 0.3 is 0 Å². The van der Waals surface area contributed by atoms with Gasteiger partial charge < -0.3 is 0 Å². The Morgan fingerprint density at radius 2 is 2.29 bits per heavy atom. The standard InChI is InChI=1S/C12H9BrClNOS/c1-7-15-11(6-17-7)12(16)4-8-2-3-9(13)5-10(8)14/h2-3,5-6H,4H2,1H3. The highest BCUT2D eigenvalue weighted by molar-refractivity contribution is 9.10. The maximum absolute atomic E-state index is 11.9. The van der Waals surface area contributed by atoms with Crippen molar-refractivity contribution in [2.75, 3.05) is 0 Å². The lowest BCUT2D eigenvalue weighted by Gasteiger charge is -2.02. The molecular weight excluding hydrogens is 322 g/mol. The second kappa shape index (κ2) is 5.29. The second-order valence-corrected chi connectivity index (χ2v) is 5.97. The molecule has 1 aromatic heterocycles. The summed E-state index contributed by atoms with van der Waals surface area (Å²) in [7, 11) is 0. The predicted octanol–water partition coefficient (Wildman–Crippen LogP) is 4.29. The van der Waals surface area contributed by atoms with E-state index >= 15 is 0 Å². The van der Waals surface area contributed by atoms with Crippen LogP contribution in [0.5, 0.6) is 0 Å². The molecule has 0 aliphatic carbocycles. The molecule has 0 spiro atoms. The number of nitrogens with zero attached hydrogens (tertiary/aromatic N) is 1. The first kappa shape index (κ1) is 12.7. The minimum absolute atomic E-state index is 0.00132. The van der Waals surface area contributed by atoms with Gasteiger partial charge in [-0.15, -0.1) is 11.3 Å². The molecule has 0 radical (unpaired) electrons. The summed E-state index contributed by atoms with van der Waals surface area (Å²) in [6.45, 7) is 1.88. The van der Waals surface area contributed by atoms with Crippen molar-refractivity contribution in [3.05, 3.63) is 49.3 Å². The smallest absolute Gasteiger partial charge is 0.186 e. The summed E-state index contributed by atoms with van der Waals surface area (Å²) >= 11 is 10.9. The zero-order valence-electron chi connectivity index (χ0n) is 9.04. The Hall–Kier alpha value is -0.710. The molecule has 0 atom stereocenters. The van der Waals surface area contributed by atoms with Gasteiger partial charge in [0.05, 0.1) is 5.01 Å². The van der Waals surface area contributed by atoms with Crippen LogP contribution >= 0.6 is 38.9 Å². The normalized spacial score (nSPS) is 10.5. The molecule has 1 heterocycles. The number of rotatable bonds is 3. The number of hydrogen-bond donors (Lipinski definition) is 0. The Kier molecular flexibility index (Phi) is 3.97. The SMILES string of the molecule is Cc1nc(C(=O)Cc2ccc(Br)cc2Cl)cs1. The number of halogens is 2. The van der Waals surface area contributed by atoms with E-state index in [1.165, 1.54) is 11.3 Å². The van der Waals surface area contributed by atoms with Crippen molar-refractivity contribution in [2.45, 2.75) is 13.3 Å². The zero-order valence-corrected chi connectivity index (χ0v) is 12.2. The van der Waals surface area contributed by atoms with Crippen molar-refractivity contribution < 1.29 is 4.79 Å². The largest absolute Gasteiger partial charge is 0.292 e. The highest BCUT2D eigenvalue weighted by Gasteiger charge is 2.12. The minimum atomic E-state index is -0.00132. The Morgan fingerprint density at radius 3 is 2.88 bits per heavy atom. The molecule has 0 amide bonds. The molecule has 0 aliphatic heterocycles. The molecule has 5 heteroatoms. The molecule has 2 nitrogen and oxygen atoms in total. The molecule has 0 aliphatic rings. The monoisotopic (exact) mass is 329 g/mol. The van der Waals surface area contributed by atoms with Gasteiger partial charge in [-0.1, -0.05) is 33.6 Å². The molecule has 0 saturated heterocycles. The summed E-state index contributed by atoms with van der Waals surface area (Å²) in [5, 5.41) is 3.28. The third-order valence-electron chi connectivity index (χ3n) is 2.27. The van der Waals surface area contributed by atoms with E-state index in [-0.39, 0.29) is 12.2 Å². The van der Waals surface area contributed by atoms with Crippen LogP contribution in [0.25, 0.3) is 0 Å². The fourth-order valence-electron chi connectivity index (χ4n) is 1.42. The molecule has 1 aromatic carbocycles. The van der Waals surface area contributed by atoms with Crippen molar-refractivity contribution >= 4 is 44.7 Å². The van der Waals surface area contributed by atoms with E-state index in [1.54, 1.807) is 11.4 Å². The molecule has 0 fully saturated rings. The molecule has 0 N–H and O–H groups in total. The number of carbonyl (C=O) groups excluding carboxylic acids is 1. The Morgan fingerprint density at radius 1 is 1.53 bits per heavy atom. The van der Waals surface area contributed by atoms with E-state index in [9.17, 15) is 4.79 Å². The molecule has 2 aromatic rings. The number of Topliss-reactive ketones (excluding diaryl/α,β-unsaturated/α-hetero) is 1. The summed E-state index contributed by atoms with van der Waals surface area (Å²) in [6.07, 6.45) is 0.287. The van der Waals surface area contributed by atoms with Crippen LogP contribution < -0.4 is 0 Å². The van der Waals surface area contributed by atoms with Gasteiger partial charge in [-0.3, -0.25) is 4.79 Å². The second-order valence-electron chi connectivity index (χ2n) is 3.59. The van der Waals surface area contributed by atoms with Crippen molar-refractivity contribution in [3.63, 3.8) is 0 Å². The molecule has 17 heavy (non-hydrogen) atoms. The predicted molar refractivity (Wildman–Crippen MR) is 74.0 cm³/mol. The van der Waals surface area contributed by atoms with Crippen molar-refractivity contribution in [1.82, 2.24) is 4.98 Å². The van der Waals surface area contributed by atoms with E-state index < -0.39 is 0 Å². The lowest BCUT2D eigenvalue weighted by atomic mass is 10.1. The summed E-state index contributed by atoms with van der Waals surface area (Å²) in [5.74, 6) is -0.00132. The van der Waals surface area contributed by atoms with E-state index in [0.29, 0.717) is 10.7 Å². The first-order valence-electron chi connectivity index (χ1n) is 4.95. The maximum Gasteiger partial charge on any atom is 0.186 e. The van der Waals surface area contributed by atoms with Gasteiger partial charge in [0.15, 0.2) is 5.78 Å². The Bertz CT molecular complexity index is 567. The van der Waals surface area contributed by atoms with Gasteiger partial charge in [0, 0.05) is 21.3 Å². The van der Waals surface area contributed by atoms with E-state index in [1.807, 2.05) is 19.1 Å². The van der Waals surface area contributed by atoms with Crippen LogP contribution in [0.2, 0.25) is 5.02 Å². The van der Waals surface area contributed by atoms with Gasteiger partial charge in [0.1, 0.15) is 5.69 Å². The zero-order chi connectivity index (χ0) is 12.4. The van der Waals surface area contributed by atoms with Gasteiger partial charge in [-0.2, -0.15) is 0 Å². The highest BCUT2D eigenvalue weighted by Crippen LogP contribution is 2.23. The molecular formula is C12H9BrClNOS. The van der Waals surface area contributed by atoms with Gasteiger partial charge in [-0.25, -0.2) is 4.98 Å². The Balaban J connectivity index is 2.18. The van der Waals surface area contributed by atoms with Crippen LogP contribution in [0.4, 0.5) is 0 Å². The summed E-state index contributed by atoms with van der Waals surface area (Å²) in [4.78, 5) is 16.1. The molecule has 2 rings (SSSR count). The lowest BCUT2D eigenvalue weighted by Crippen LogP contribution is -2.04.